The lowest BCUT2D eigenvalue weighted by Crippen LogP contribution is -2.19. The number of fused-ring (bicyclic) bond motifs is 2. The lowest BCUT2D eigenvalue weighted by Gasteiger charge is -2.18. The highest BCUT2D eigenvalue weighted by atomic mass is 35.5. The van der Waals surface area contributed by atoms with Crippen molar-refractivity contribution >= 4 is 40.6 Å². The minimum atomic E-state index is -1.57. The second-order valence-corrected chi connectivity index (χ2v) is 9.43. The Kier molecular flexibility index (Phi) is 6.87. The van der Waals surface area contributed by atoms with Gasteiger partial charge < -0.3 is 20.1 Å². The predicted octanol–water partition coefficient (Wildman–Crippen LogP) is 5.60. The van der Waals surface area contributed by atoms with Gasteiger partial charge in [0, 0.05) is 28.1 Å². The zero-order valence-corrected chi connectivity index (χ0v) is 20.4. The average molecular weight is 537 g/mol. The minimum Gasteiger partial charge on any atom is -0.494 e. The van der Waals surface area contributed by atoms with Crippen molar-refractivity contribution in [3.05, 3.63) is 80.2 Å². The normalized spacial score (nSPS) is 14.9. The molecule has 0 radical (unpaired) electrons. The number of hydrogen-bond acceptors (Lipinski definition) is 5. The Hall–Kier alpha value is -3.34. The van der Waals surface area contributed by atoms with E-state index in [1.165, 1.54) is 18.4 Å². The van der Waals surface area contributed by atoms with Crippen LogP contribution in [0.5, 0.6) is 5.75 Å². The minimum absolute atomic E-state index is 0. The Bertz CT molecular complexity index is 1580. The maximum atomic E-state index is 15.6. The van der Waals surface area contributed by atoms with Crippen molar-refractivity contribution in [3.8, 4) is 21.9 Å². The number of halogens is 4. The number of aromatic nitrogens is 1. The molecule has 0 bridgehead atoms. The molecule has 1 aliphatic carbocycles. The SMILES string of the molecule is COc1c(-c2cc3c(s2)CCCC3N)c(F)cc2c(=O)c(C(=O)O)cn(-c3ccc(F)cc3F)c12.Cl. The number of carbonyl (C=O) groups is 1. The molecule has 2 heterocycles. The van der Waals surface area contributed by atoms with Crippen molar-refractivity contribution in [1.82, 2.24) is 4.57 Å². The van der Waals surface area contributed by atoms with E-state index in [0.717, 1.165) is 58.7 Å². The number of hydrogen-bond donors (Lipinski definition) is 2. The molecule has 0 spiro atoms. The summed E-state index contributed by atoms with van der Waals surface area (Å²) in [5.41, 5.74) is 5.27. The molecule has 5 rings (SSSR count). The molecule has 11 heteroatoms. The van der Waals surface area contributed by atoms with Gasteiger partial charge in [0.2, 0.25) is 5.43 Å². The number of nitrogens with zero attached hydrogens (tertiary/aromatic N) is 1. The summed E-state index contributed by atoms with van der Waals surface area (Å²) in [4.78, 5) is 26.3. The molecule has 4 aromatic rings. The van der Waals surface area contributed by atoms with Crippen LogP contribution < -0.4 is 15.9 Å². The largest absolute Gasteiger partial charge is 0.494 e. The number of pyridine rings is 1. The van der Waals surface area contributed by atoms with Crippen LogP contribution in [-0.4, -0.2) is 22.8 Å². The molecule has 0 aliphatic heterocycles. The maximum Gasteiger partial charge on any atom is 0.341 e. The zero-order valence-electron chi connectivity index (χ0n) is 18.8. The van der Waals surface area contributed by atoms with Crippen molar-refractivity contribution in [3.63, 3.8) is 0 Å². The Balaban J connectivity index is 0.00000304. The highest BCUT2D eigenvalue weighted by molar-refractivity contribution is 7.15. The van der Waals surface area contributed by atoms with Gasteiger partial charge in [0.25, 0.3) is 0 Å². The number of thiophene rings is 1. The molecular formula is C25H20ClF3N2O4S. The summed E-state index contributed by atoms with van der Waals surface area (Å²) in [7, 11) is 1.28. The fraction of sp³-hybridized carbons (Fsp3) is 0.200. The van der Waals surface area contributed by atoms with Crippen LogP contribution in [-0.2, 0) is 6.42 Å². The van der Waals surface area contributed by atoms with Crippen LogP contribution in [0.4, 0.5) is 13.2 Å². The number of rotatable bonds is 4. The second-order valence-electron chi connectivity index (χ2n) is 8.29. The van der Waals surface area contributed by atoms with Gasteiger partial charge in [-0.2, -0.15) is 0 Å². The molecule has 0 saturated carbocycles. The molecule has 2 aromatic carbocycles. The summed E-state index contributed by atoms with van der Waals surface area (Å²) >= 11 is 1.36. The summed E-state index contributed by atoms with van der Waals surface area (Å²) < 4.78 is 50.6. The molecule has 1 unspecified atom stereocenters. The van der Waals surface area contributed by atoms with Crippen LogP contribution in [0.1, 0.15) is 39.7 Å². The van der Waals surface area contributed by atoms with E-state index >= 15 is 4.39 Å². The Morgan fingerprint density at radius 2 is 1.94 bits per heavy atom. The van der Waals surface area contributed by atoms with E-state index in [9.17, 15) is 23.5 Å². The number of ether oxygens (including phenoxy) is 1. The van der Waals surface area contributed by atoms with E-state index in [-0.39, 0.29) is 46.4 Å². The maximum absolute atomic E-state index is 15.6. The topological polar surface area (TPSA) is 94.6 Å². The van der Waals surface area contributed by atoms with Gasteiger partial charge in [-0.05, 0) is 49.1 Å². The van der Waals surface area contributed by atoms with E-state index in [4.69, 9.17) is 10.5 Å². The fourth-order valence-corrected chi connectivity index (χ4v) is 5.90. The number of carboxylic acid groups (broad SMARTS) is 1. The second kappa shape index (κ2) is 9.61. The summed E-state index contributed by atoms with van der Waals surface area (Å²) in [5.74, 6) is -4.29. The van der Waals surface area contributed by atoms with Crippen LogP contribution in [0.2, 0.25) is 0 Å². The monoisotopic (exact) mass is 536 g/mol. The first kappa shape index (κ1) is 25.7. The number of nitrogens with two attached hydrogens (primary N) is 1. The van der Waals surface area contributed by atoms with Crippen LogP contribution in [0, 0.1) is 17.5 Å². The zero-order chi connectivity index (χ0) is 25.0. The van der Waals surface area contributed by atoms with E-state index in [2.05, 4.69) is 0 Å². The highest BCUT2D eigenvalue weighted by Crippen LogP contribution is 2.45. The van der Waals surface area contributed by atoms with E-state index in [0.29, 0.717) is 10.9 Å². The summed E-state index contributed by atoms with van der Waals surface area (Å²) in [6.45, 7) is 0. The van der Waals surface area contributed by atoms with Crippen LogP contribution in [0.3, 0.4) is 0 Å². The summed E-state index contributed by atoms with van der Waals surface area (Å²) in [5, 5.41) is 9.24. The third-order valence-corrected chi connectivity index (χ3v) is 7.43. The molecule has 0 fully saturated rings. The quantitative estimate of drug-likeness (QED) is 0.354. The molecule has 188 valence electrons. The first-order valence-corrected chi connectivity index (χ1v) is 11.6. The summed E-state index contributed by atoms with van der Waals surface area (Å²) in [6.07, 6.45) is 3.45. The first-order chi connectivity index (χ1) is 16.7. The van der Waals surface area contributed by atoms with Gasteiger partial charge in [-0.3, -0.25) is 4.79 Å². The van der Waals surface area contributed by atoms with Crippen molar-refractivity contribution < 1.29 is 27.8 Å². The van der Waals surface area contributed by atoms with Crippen molar-refractivity contribution in [2.24, 2.45) is 5.73 Å². The molecule has 1 aliphatic rings. The van der Waals surface area contributed by atoms with E-state index in [1.54, 1.807) is 6.07 Å². The third kappa shape index (κ3) is 4.04. The smallest absolute Gasteiger partial charge is 0.341 e. The van der Waals surface area contributed by atoms with Gasteiger partial charge in [-0.1, -0.05) is 0 Å². The summed E-state index contributed by atoms with van der Waals surface area (Å²) in [6, 6.07) is 5.27. The fourth-order valence-electron chi connectivity index (χ4n) is 4.59. The van der Waals surface area contributed by atoms with Crippen molar-refractivity contribution in [1.29, 1.82) is 0 Å². The molecular weight excluding hydrogens is 517 g/mol. The number of aromatic carboxylic acids is 1. The molecule has 2 aromatic heterocycles. The lowest BCUT2D eigenvalue weighted by atomic mass is 9.94. The van der Waals surface area contributed by atoms with Gasteiger partial charge in [-0.25, -0.2) is 18.0 Å². The first-order valence-electron chi connectivity index (χ1n) is 10.7. The van der Waals surface area contributed by atoms with Gasteiger partial charge in [0.15, 0.2) is 5.75 Å². The molecule has 6 nitrogen and oxygen atoms in total. The van der Waals surface area contributed by atoms with E-state index in [1.807, 2.05) is 0 Å². The predicted molar refractivity (Wildman–Crippen MR) is 133 cm³/mol. The highest BCUT2D eigenvalue weighted by Gasteiger charge is 2.28. The number of benzene rings is 2. The van der Waals surface area contributed by atoms with Crippen LogP contribution in [0.25, 0.3) is 27.0 Å². The van der Waals surface area contributed by atoms with Gasteiger partial charge >= 0.3 is 5.97 Å². The van der Waals surface area contributed by atoms with Gasteiger partial charge in [0.05, 0.1) is 23.7 Å². The Labute approximate surface area is 213 Å². The van der Waals surface area contributed by atoms with Gasteiger partial charge in [-0.15, -0.1) is 23.7 Å². The van der Waals surface area contributed by atoms with Crippen LogP contribution >= 0.6 is 23.7 Å². The Morgan fingerprint density at radius 3 is 2.58 bits per heavy atom. The molecule has 0 saturated heterocycles. The lowest BCUT2D eigenvalue weighted by molar-refractivity contribution is 0.0695. The van der Waals surface area contributed by atoms with E-state index < -0.39 is 34.4 Å². The number of methoxy groups -OCH3 is 1. The number of aryl methyl sites for hydroxylation is 1. The standard InChI is InChI=1S/C25H19F3N2O4S.ClH/c1-34-24-21(20-9-12-17(29)3-2-4-19(12)35-20)16(28)8-13-22(24)30(10-14(23(13)31)25(32)33)18-6-5-11(26)7-15(18)27;/h5-10,17H,2-4,29H2,1H3,(H,32,33);1H. The van der Waals surface area contributed by atoms with Gasteiger partial charge in [0.1, 0.15) is 28.5 Å². The van der Waals surface area contributed by atoms with Crippen molar-refractivity contribution in [2.75, 3.05) is 7.11 Å². The molecule has 1 atom stereocenters. The molecule has 36 heavy (non-hydrogen) atoms. The average Bonchev–Trinajstić information content (AvgIpc) is 3.24. The number of carboxylic acids is 1. The third-order valence-electron chi connectivity index (χ3n) is 6.21. The Morgan fingerprint density at radius 1 is 1.19 bits per heavy atom. The van der Waals surface area contributed by atoms with Crippen molar-refractivity contribution in [2.45, 2.75) is 25.3 Å². The van der Waals surface area contributed by atoms with Crippen LogP contribution in [0.15, 0.2) is 41.3 Å². The molecule has 0 amide bonds. The molecule has 3 N–H and O–H groups in total.